The summed E-state index contributed by atoms with van der Waals surface area (Å²) in [5.41, 5.74) is 6.15. The molecule has 1 aliphatic rings. The van der Waals surface area contributed by atoms with Crippen molar-refractivity contribution in [1.82, 2.24) is 9.97 Å². The van der Waals surface area contributed by atoms with Gasteiger partial charge in [-0.3, -0.25) is 0 Å². The van der Waals surface area contributed by atoms with Crippen molar-refractivity contribution < 1.29 is 4.74 Å². The van der Waals surface area contributed by atoms with E-state index in [4.69, 9.17) is 10.5 Å². The first-order valence-electron chi connectivity index (χ1n) is 7.53. The van der Waals surface area contributed by atoms with E-state index in [-0.39, 0.29) is 6.10 Å². The molecule has 2 unspecified atom stereocenters. The van der Waals surface area contributed by atoms with Crippen molar-refractivity contribution in [2.24, 2.45) is 11.3 Å². The van der Waals surface area contributed by atoms with E-state index in [1.165, 1.54) is 11.3 Å². The van der Waals surface area contributed by atoms with Gasteiger partial charge >= 0.3 is 0 Å². The third-order valence-electron chi connectivity index (χ3n) is 4.12. The number of rotatable bonds is 2. The second kappa shape index (κ2) is 5.13. The molecule has 21 heavy (non-hydrogen) atoms. The number of nitrogens with zero attached hydrogens (tertiary/aromatic N) is 2. The first-order chi connectivity index (χ1) is 9.82. The molecule has 0 bridgehead atoms. The lowest BCUT2D eigenvalue weighted by atomic mass is 9.71. The molecule has 1 fully saturated rings. The number of aryl methyl sites for hydroxylation is 1. The third kappa shape index (κ3) is 3.12. The van der Waals surface area contributed by atoms with E-state index >= 15 is 0 Å². The van der Waals surface area contributed by atoms with Gasteiger partial charge in [0, 0.05) is 4.88 Å². The van der Waals surface area contributed by atoms with E-state index in [1.54, 1.807) is 11.3 Å². The Morgan fingerprint density at radius 2 is 2.10 bits per heavy atom. The summed E-state index contributed by atoms with van der Waals surface area (Å²) in [6, 6.07) is 2.09. The summed E-state index contributed by atoms with van der Waals surface area (Å²) < 4.78 is 6.24. The average Bonchev–Trinajstić information content (AvgIpc) is 2.66. The Kier molecular flexibility index (Phi) is 3.56. The largest absolute Gasteiger partial charge is 0.474 e. The zero-order valence-electron chi connectivity index (χ0n) is 13.1. The van der Waals surface area contributed by atoms with Crippen LogP contribution in [0.15, 0.2) is 6.07 Å². The molecule has 2 atom stereocenters. The Morgan fingerprint density at radius 1 is 1.33 bits per heavy atom. The number of hydrogen-bond acceptors (Lipinski definition) is 5. The monoisotopic (exact) mass is 305 g/mol. The topological polar surface area (TPSA) is 61.0 Å². The predicted molar refractivity (Wildman–Crippen MR) is 87.8 cm³/mol. The quantitative estimate of drug-likeness (QED) is 0.904. The summed E-state index contributed by atoms with van der Waals surface area (Å²) in [4.78, 5) is 10.7. The highest BCUT2D eigenvalue weighted by atomic mass is 32.1. The molecule has 3 rings (SSSR count). The maximum atomic E-state index is 6.24. The minimum Gasteiger partial charge on any atom is -0.474 e. The molecule has 4 nitrogen and oxygen atoms in total. The van der Waals surface area contributed by atoms with Crippen LogP contribution in [-0.4, -0.2) is 16.1 Å². The fraction of sp³-hybridized carbons (Fsp3) is 0.625. The van der Waals surface area contributed by atoms with Crippen molar-refractivity contribution in [1.29, 1.82) is 0 Å². The standard InChI is InChI=1S/C16H23N3OS/c1-9-5-11(8-16(3,4)7-9)20-13-12-6-10(2)21-14(12)19-15(17)18-13/h6,9,11H,5,7-8H2,1-4H3,(H2,17,18,19). The summed E-state index contributed by atoms with van der Waals surface area (Å²) in [5, 5.41) is 0.989. The fourth-order valence-electron chi connectivity index (χ4n) is 3.63. The molecule has 114 valence electrons. The van der Waals surface area contributed by atoms with Crippen LogP contribution in [-0.2, 0) is 0 Å². The lowest BCUT2D eigenvalue weighted by molar-refractivity contribution is 0.0544. The highest BCUT2D eigenvalue weighted by Gasteiger charge is 2.33. The van der Waals surface area contributed by atoms with Crippen LogP contribution < -0.4 is 10.5 Å². The molecular formula is C16H23N3OS. The molecular weight excluding hydrogens is 282 g/mol. The number of aromatic nitrogens is 2. The minimum absolute atomic E-state index is 0.210. The molecule has 5 heteroatoms. The van der Waals surface area contributed by atoms with Crippen molar-refractivity contribution in [3.05, 3.63) is 10.9 Å². The molecule has 0 aromatic carbocycles. The van der Waals surface area contributed by atoms with Crippen molar-refractivity contribution in [3.8, 4) is 5.88 Å². The second-order valence-electron chi connectivity index (χ2n) is 7.12. The van der Waals surface area contributed by atoms with Crippen LogP contribution in [0, 0.1) is 18.3 Å². The van der Waals surface area contributed by atoms with Gasteiger partial charge in [-0.1, -0.05) is 20.8 Å². The number of ether oxygens (including phenoxy) is 1. The summed E-state index contributed by atoms with van der Waals surface area (Å²) in [6.07, 6.45) is 3.61. The Labute approximate surface area is 129 Å². The van der Waals surface area contributed by atoms with Crippen molar-refractivity contribution in [2.45, 2.75) is 53.1 Å². The van der Waals surface area contributed by atoms with Crippen molar-refractivity contribution in [3.63, 3.8) is 0 Å². The smallest absolute Gasteiger partial charge is 0.227 e. The van der Waals surface area contributed by atoms with Crippen molar-refractivity contribution >= 4 is 27.5 Å². The van der Waals surface area contributed by atoms with Gasteiger partial charge in [0.05, 0.1) is 5.39 Å². The van der Waals surface area contributed by atoms with Crippen LogP contribution in [0.5, 0.6) is 5.88 Å². The number of fused-ring (bicyclic) bond motifs is 1. The lowest BCUT2D eigenvalue weighted by Crippen LogP contribution is -2.34. The molecule has 0 amide bonds. The van der Waals surface area contributed by atoms with Crippen LogP contribution in [0.25, 0.3) is 10.2 Å². The van der Waals surface area contributed by atoms with Gasteiger partial charge in [0.15, 0.2) is 0 Å². The fourth-order valence-corrected chi connectivity index (χ4v) is 4.50. The van der Waals surface area contributed by atoms with Gasteiger partial charge in [-0.25, -0.2) is 4.98 Å². The Morgan fingerprint density at radius 3 is 2.81 bits per heavy atom. The van der Waals surface area contributed by atoms with Gasteiger partial charge in [0.2, 0.25) is 11.8 Å². The van der Waals surface area contributed by atoms with E-state index in [0.717, 1.165) is 23.1 Å². The number of thiophene rings is 1. The van der Waals surface area contributed by atoms with E-state index in [2.05, 4.69) is 43.7 Å². The van der Waals surface area contributed by atoms with Crippen LogP contribution in [0.3, 0.4) is 0 Å². The molecule has 2 aromatic rings. The highest BCUT2D eigenvalue weighted by molar-refractivity contribution is 7.18. The minimum atomic E-state index is 0.210. The molecule has 1 saturated carbocycles. The van der Waals surface area contributed by atoms with E-state index < -0.39 is 0 Å². The van der Waals surface area contributed by atoms with Crippen molar-refractivity contribution in [2.75, 3.05) is 5.73 Å². The van der Waals surface area contributed by atoms with Crippen LogP contribution in [0.2, 0.25) is 0 Å². The molecule has 1 aliphatic carbocycles. The van der Waals surface area contributed by atoms with Crippen LogP contribution in [0.4, 0.5) is 5.95 Å². The molecule has 0 spiro atoms. The zero-order valence-corrected chi connectivity index (χ0v) is 14.0. The summed E-state index contributed by atoms with van der Waals surface area (Å²) in [5.74, 6) is 1.62. The molecule has 2 aromatic heterocycles. The lowest BCUT2D eigenvalue weighted by Gasteiger charge is -2.38. The Bertz CT molecular complexity index is 665. The molecule has 2 N–H and O–H groups in total. The second-order valence-corrected chi connectivity index (χ2v) is 8.35. The van der Waals surface area contributed by atoms with Gasteiger partial charge in [-0.05, 0) is 43.6 Å². The highest BCUT2D eigenvalue weighted by Crippen LogP contribution is 2.41. The van der Waals surface area contributed by atoms with Gasteiger partial charge in [0.25, 0.3) is 0 Å². The normalized spacial score (nSPS) is 25.1. The average molecular weight is 305 g/mol. The van der Waals surface area contributed by atoms with Gasteiger partial charge < -0.3 is 10.5 Å². The van der Waals surface area contributed by atoms with Gasteiger partial charge in [-0.2, -0.15) is 4.98 Å². The third-order valence-corrected chi connectivity index (χ3v) is 5.07. The van der Waals surface area contributed by atoms with Gasteiger partial charge in [-0.15, -0.1) is 11.3 Å². The van der Waals surface area contributed by atoms with Gasteiger partial charge in [0.1, 0.15) is 10.9 Å². The van der Waals surface area contributed by atoms with Crippen LogP contribution in [0.1, 0.15) is 44.9 Å². The summed E-state index contributed by atoms with van der Waals surface area (Å²) in [7, 11) is 0. The predicted octanol–water partition coefficient (Wildman–Crippen LogP) is 4.18. The SMILES string of the molecule is Cc1cc2c(OC3CC(C)CC(C)(C)C3)nc(N)nc2s1. The number of nitrogen functional groups attached to an aromatic ring is 1. The molecule has 0 radical (unpaired) electrons. The molecule has 2 heterocycles. The number of nitrogens with two attached hydrogens (primary N) is 1. The maximum Gasteiger partial charge on any atom is 0.227 e. The Balaban J connectivity index is 1.90. The maximum absolute atomic E-state index is 6.24. The van der Waals surface area contributed by atoms with Crippen LogP contribution >= 0.6 is 11.3 Å². The molecule has 0 aliphatic heterocycles. The van der Waals surface area contributed by atoms with E-state index in [0.29, 0.717) is 23.2 Å². The first kappa shape index (κ1) is 14.6. The molecule has 0 saturated heterocycles. The Hall–Kier alpha value is -1.36. The first-order valence-corrected chi connectivity index (χ1v) is 8.34. The number of hydrogen-bond donors (Lipinski definition) is 1. The summed E-state index contributed by atoms with van der Waals surface area (Å²) in [6.45, 7) is 9.00. The summed E-state index contributed by atoms with van der Waals surface area (Å²) >= 11 is 1.63. The van der Waals surface area contributed by atoms with E-state index in [9.17, 15) is 0 Å². The zero-order chi connectivity index (χ0) is 15.2. The number of anilines is 1. The van der Waals surface area contributed by atoms with E-state index in [1.807, 2.05) is 0 Å².